The van der Waals surface area contributed by atoms with E-state index in [4.69, 9.17) is 0 Å². The van der Waals surface area contributed by atoms with Crippen LogP contribution in [0, 0.1) is 5.92 Å². The minimum Gasteiger partial charge on any atom is -0.347 e. The van der Waals surface area contributed by atoms with E-state index in [1.54, 1.807) is 7.05 Å². The second-order valence-corrected chi connectivity index (χ2v) is 7.60. The van der Waals surface area contributed by atoms with Crippen LogP contribution in [-0.4, -0.2) is 37.3 Å². The van der Waals surface area contributed by atoms with Crippen LogP contribution in [0.1, 0.15) is 44.2 Å². The summed E-state index contributed by atoms with van der Waals surface area (Å²) < 4.78 is 0. The van der Waals surface area contributed by atoms with Crippen molar-refractivity contribution in [3.63, 3.8) is 0 Å². The Morgan fingerprint density at radius 3 is 2.64 bits per heavy atom. The number of aliphatic imine (C=N–C) groups is 1. The molecule has 1 saturated carbocycles. The van der Waals surface area contributed by atoms with Gasteiger partial charge in [0.2, 0.25) is 5.91 Å². The van der Waals surface area contributed by atoms with E-state index < -0.39 is 0 Å². The van der Waals surface area contributed by atoms with Crippen molar-refractivity contribution in [2.24, 2.45) is 10.9 Å². The van der Waals surface area contributed by atoms with Gasteiger partial charge in [-0.15, -0.1) is 0 Å². The van der Waals surface area contributed by atoms with Crippen molar-refractivity contribution >= 4 is 18.2 Å². The van der Waals surface area contributed by atoms with Gasteiger partial charge in [-0.25, -0.2) is 0 Å². The van der Waals surface area contributed by atoms with E-state index in [1.165, 1.54) is 29.5 Å². The third kappa shape index (κ3) is 4.57. The predicted molar refractivity (Wildman–Crippen MR) is 104 cm³/mol. The molecule has 2 N–H and O–H groups in total. The molecule has 1 aliphatic heterocycles. The van der Waals surface area contributed by atoms with Crippen molar-refractivity contribution in [2.45, 2.75) is 57.7 Å². The quantitative estimate of drug-likeness (QED) is 0.783. The molecule has 4 unspecified atom stereocenters. The van der Waals surface area contributed by atoms with Crippen molar-refractivity contribution in [3.05, 3.63) is 41.0 Å². The van der Waals surface area contributed by atoms with Crippen molar-refractivity contribution in [3.8, 4) is 0 Å². The third-order valence-corrected chi connectivity index (χ3v) is 5.19. The number of hydrogen-bond acceptors (Lipinski definition) is 3. The van der Waals surface area contributed by atoms with Gasteiger partial charge >= 0.3 is 0 Å². The number of fused-ring (bicyclic) bond motifs is 2. The lowest BCUT2D eigenvalue weighted by Gasteiger charge is -2.24. The molecule has 2 bridgehead atoms. The van der Waals surface area contributed by atoms with Crippen LogP contribution in [0.2, 0.25) is 0 Å². The number of rotatable bonds is 6. The highest BCUT2D eigenvalue weighted by Crippen LogP contribution is 2.35. The molecule has 134 valence electrons. The van der Waals surface area contributed by atoms with Crippen LogP contribution in [0.3, 0.4) is 0 Å². The van der Waals surface area contributed by atoms with Crippen molar-refractivity contribution in [1.29, 1.82) is 0 Å². The summed E-state index contributed by atoms with van der Waals surface area (Å²) in [6, 6.07) is 8.98. The van der Waals surface area contributed by atoms with Crippen molar-refractivity contribution in [1.82, 2.24) is 10.6 Å². The van der Waals surface area contributed by atoms with Crippen LogP contribution in [0.4, 0.5) is 0 Å². The average Bonchev–Trinajstić information content (AvgIpc) is 3.19. The summed E-state index contributed by atoms with van der Waals surface area (Å²) in [7, 11) is 1.76. The highest BCUT2D eigenvalue weighted by molar-refractivity contribution is 5.86. The Labute approximate surface area is 150 Å². The Morgan fingerprint density at radius 1 is 1.32 bits per heavy atom. The molecule has 1 heterocycles. The van der Waals surface area contributed by atoms with E-state index in [0.717, 1.165) is 12.8 Å². The van der Waals surface area contributed by atoms with Gasteiger partial charge in [0.05, 0.1) is 12.1 Å². The van der Waals surface area contributed by atoms with Gasteiger partial charge in [-0.1, -0.05) is 35.9 Å². The average molecular weight is 339 g/mol. The van der Waals surface area contributed by atoms with Crippen LogP contribution in [0.25, 0.3) is 6.08 Å². The number of nitrogens with zero attached hydrogens (tertiary/aromatic N) is 1. The molecule has 25 heavy (non-hydrogen) atoms. The zero-order valence-corrected chi connectivity index (χ0v) is 15.5. The van der Waals surface area contributed by atoms with Gasteiger partial charge < -0.3 is 10.6 Å². The fourth-order valence-corrected chi connectivity index (χ4v) is 4.08. The topological polar surface area (TPSA) is 53.5 Å². The smallest absolute Gasteiger partial charge is 0.237 e. The van der Waals surface area contributed by atoms with E-state index in [2.05, 4.69) is 59.8 Å². The lowest BCUT2D eigenvalue weighted by Crippen LogP contribution is -2.51. The molecule has 0 radical (unpaired) electrons. The minimum atomic E-state index is -0.0623. The first kappa shape index (κ1) is 17.9. The van der Waals surface area contributed by atoms with Gasteiger partial charge in [0.1, 0.15) is 0 Å². The molecule has 1 aromatic carbocycles. The van der Waals surface area contributed by atoms with Gasteiger partial charge in [0.15, 0.2) is 0 Å². The maximum atomic E-state index is 12.6. The molecule has 1 saturated heterocycles. The third-order valence-electron chi connectivity index (χ3n) is 5.19. The summed E-state index contributed by atoms with van der Waals surface area (Å²) in [6.45, 7) is 4.20. The number of amides is 1. The SMILES string of the molecule is CN=CC(Cc1ccc(C=C(C)C)cc1)NC(=O)C1NC2CCC1C2. The molecule has 2 aliphatic rings. The molecule has 3 rings (SSSR count). The summed E-state index contributed by atoms with van der Waals surface area (Å²) >= 11 is 0. The van der Waals surface area contributed by atoms with Gasteiger partial charge in [0.25, 0.3) is 0 Å². The zero-order chi connectivity index (χ0) is 17.8. The normalized spacial score (nSPS) is 26.0. The van der Waals surface area contributed by atoms with Crippen LogP contribution < -0.4 is 10.6 Å². The van der Waals surface area contributed by atoms with Crippen molar-refractivity contribution < 1.29 is 4.79 Å². The molecule has 0 spiro atoms. The molecule has 1 aliphatic carbocycles. The van der Waals surface area contributed by atoms with Crippen molar-refractivity contribution in [2.75, 3.05) is 7.05 Å². The first-order chi connectivity index (χ1) is 12.0. The van der Waals surface area contributed by atoms with Gasteiger partial charge in [0, 0.05) is 19.3 Å². The van der Waals surface area contributed by atoms with Crippen LogP contribution in [0.5, 0.6) is 0 Å². The molecule has 4 atom stereocenters. The number of carbonyl (C=O) groups excluding carboxylic acids is 1. The number of nitrogens with one attached hydrogen (secondary N) is 2. The number of piperidine rings is 1. The number of benzene rings is 1. The minimum absolute atomic E-state index is 0.0217. The number of allylic oxidation sites excluding steroid dienone is 1. The Balaban J connectivity index is 1.61. The van der Waals surface area contributed by atoms with Crippen LogP contribution >= 0.6 is 0 Å². The van der Waals surface area contributed by atoms with Gasteiger partial charge in [-0.3, -0.25) is 9.79 Å². The molecule has 2 fully saturated rings. The zero-order valence-electron chi connectivity index (χ0n) is 15.5. The van der Waals surface area contributed by atoms with Crippen LogP contribution in [-0.2, 0) is 11.2 Å². The summed E-state index contributed by atoms with van der Waals surface area (Å²) in [5.74, 6) is 0.630. The van der Waals surface area contributed by atoms with E-state index in [1.807, 2.05) is 6.21 Å². The first-order valence-corrected chi connectivity index (χ1v) is 9.27. The Kier molecular flexibility index (Phi) is 5.69. The summed E-state index contributed by atoms with van der Waals surface area (Å²) in [4.78, 5) is 16.8. The summed E-state index contributed by atoms with van der Waals surface area (Å²) in [5.41, 5.74) is 3.70. The highest BCUT2D eigenvalue weighted by Gasteiger charge is 2.42. The van der Waals surface area contributed by atoms with E-state index >= 15 is 0 Å². The highest BCUT2D eigenvalue weighted by atomic mass is 16.2. The lowest BCUT2D eigenvalue weighted by atomic mass is 9.98. The van der Waals surface area contributed by atoms with Gasteiger partial charge in [-0.2, -0.15) is 0 Å². The Hall–Kier alpha value is -1.94. The predicted octanol–water partition coefficient (Wildman–Crippen LogP) is 2.98. The van der Waals surface area contributed by atoms with Crippen LogP contribution in [0.15, 0.2) is 34.8 Å². The number of hydrogen-bond donors (Lipinski definition) is 2. The second-order valence-electron chi connectivity index (χ2n) is 7.60. The molecule has 0 aromatic heterocycles. The molecule has 1 amide bonds. The monoisotopic (exact) mass is 339 g/mol. The largest absolute Gasteiger partial charge is 0.347 e. The molecule has 4 nitrogen and oxygen atoms in total. The Bertz CT molecular complexity index is 658. The molecule has 4 heteroatoms. The Morgan fingerprint density at radius 2 is 2.08 bits per heavy atom. The van der Waals surface area contributed by atoms with Gasteiger partial charge in [-0.05, 0) is 56.6 Å². The van der Waals surface area contributed by atoms with E-state index in [-0.39, 0.29) is 18.0 Å². The second kappa shape index (κ2) is 7.96. The molecular formula is C21H29N3O. The lowest BCUT2D eigenvalue weighted by molar-refractivity contribution is -0.124. The van der Waals surface area contributed by atoms with E-state index in [9.17, 15) is 4.79 Å². The molecular weight excluding hydrogens is 310 g/mol. The fraction of sp³-hybridized carbons (Fsp3) is 0.524. The standard InChI is InChI=1S/C21H29N3O/c1-14(2)10-15-4-6-16(7-5-15)11-19(13-22-3)24-21(25)20-17-8-9-18(12-17)23-20/h4-7,10,13,17-20,23H,8-9,11-12H2,1-3H3,(H,24,25). The maximum absolute atomic E-state index is 12.6. The first-order valence-electron chi connectivity index (χ1n) is 9.27. The fourth-order valence-electron chi connectivity index (χ4n) is 4.08. The maximum Gasteiger partial charge on any atom is 0.237 e. The summed E-state index contributed by atoms with van der Waals surface area (Å²) in [6.07, 6.45) is 8.31. The summed E-state index contributed by atoms with van der Waals surface area (Å²) in [5, 5.41) is 6.64. The number of carbonyl (C=O) groups is 1. The van der Waals surface area contributed by atoms with E-state index in [0.29, 0.717) is 12.0 Å². The molecule has 1 aromatic rings.